The Bertz CT molecular complexity index is 481. The van der Waals surface area contributed by atoms with Crippen molar-refractivity contribution in [2.45, 2.75) is 18.9 Å². The van der Waals surface area contributed by atoms with Gasteiger partial charge < -0.3 is 11.1 Å². The summed E-state index contributed by atoms with van der Waals surface area (Å²) in [5.74, 6) is -0.116. The number of nitrogens with two attached hydrogens (primary N) is 1. The Morgan fingerprint density at radius 3 is 2.50 bits per heavy atom. The van der Waals surface area contributed by atoms with Gasteiger partial charge in [0, 0.05) is 37.0 Å². The minimum absolute atomic E-state index is 0.00742. The third kappa shape index (κ3) is 4.01. The smallest absolute Gasteiger partial charge is 0.269 e. The molecule has 1 saturated heterocycles. The summed E-state index contributed by atoms with van der Waals surface area (Å²) in [5, 5.41) is 13.3. The van der Waals surface area contributed by atoms with E-state index in [4.69, 9.17) is 5.73 Å². The van der Waals surface area contributed by atoms with Gasteiger partial charge in [0.15, 0.2) is 0 Å². The van der Waals surface area contributed by atoms with Crippen molar-refractivity contribution in [1.82, 2.24) is 4.90 Å². The molecule has 0 spiro atoms. The Kier molecular flexibility index (Phi) is 4.65. The predicted molar refractivity (Wildman–Crippen MR) is 75.4 cm³/mol. The van der Waals surface area contributed by atoms with Crippen LogP contribution in [-0.4, -0.2) is 41.4 Å². The second-order valence-corrected chi connectivity index (χ2v) is 4.97. The van der Waals surface area contributed by atoms with Crippen LogP contribution in [0.5, 0.6) is 0 Å². The number of piperidine rings is 1. The number of rotatable bonds is 4. The van der Waals surface area contributed by atoms with Crippen LogP contribution in [0.25, 0.3) is 0 Å². The molecule has 1 aliphatic heterocycles. The molecule has 1 amide bonds. The van der Waals surface area contributed by atoms with Gasteiger partial charge in [0.2, 0.25) is 5.91 Å². The molecule has 7 nitrogen and oxygen atoms in total. The molecule has 3 N–H and O–H groups in total. The van der Waals surface area contributed by atoms with Gasteiger partial charge in [0.05, 0.1) is 11.5 Å². The average molecular weight is 278 g/mol. The second-order valence-electron chi connectivity index (χ2n) is 4.97. The Labute approximate surface area is 116 Å². The molecule has 2 rings (SSSR count). The largest absolute Gasteiger partial charge is 0.328 e. The van der Waals surface area contributed by atoms with Crippen molar-refractivity contribution in [3.8, 4) is 0 Å². The summed E-state index contributed by atoms with van der Waals surface area (Å²) in [5.41, 5.74) is 6.38. The van der Waals surface area contributed by atoms with E-state index in [1.165, 1.54) is 24.3 Å². The van der Waals surface area contributed by atoms with Gasteiger partial charge in [0.1, 0.15) is 0 Å². The number of carbonyl (C=O) groups excluding carboxylic acids is 1. The normalized spacial score (nSPS) is 16.9. The Morgan fingerprint density at radius 2 is 1.95 bits per heavy atom. The molecule has 0 aromatic heterocycles. The van der Waals surface area contributed by atoms with Crippen LogP contribution in [0.1, 0.15) is 12.8 Å². The van der Waals surface area contributed by atoms with E-state index < -0.39 is 4.92 Å². The van der Waals surface area contributed by atoms with Crippen LogP contribution in [0, 0.1) is 10.1 Å². The summed E-state index contributed by atoms with van der Waals surface area (Å²) < 4.78 is 0. The van der Waals surface area contributed by atoms with E-state index in [0.29, 0.717) is 12.2 Å². The number of amides is 1. The zero-order chi connectivity index (χ0) is 14.5. The average Bonchev–Trinajstić information content (AvgIpc) is 2.42. The minimum atomic E-state index is -0.470. The van der Waals surface area contributed by atoms with E-state index in [1.807, 2.05) is 0 Å². The van der Waals surface area contributed by atoms with E-state index in [-0.39, 0.29) is 17.6 Å². The molecule has 1 heterocycles. The fraction of sp³-hybridized carbons (Fsp3) is 0.462. The standard InChI is InChI=1S/C13H18N4O3/c14-10-5-7-16(8-6-10)9-13(18)15-11-1-3-12(4-2-11)17(19)20/h1-4,10H,5-9,14H2,(H,15,18). The third-order valence-corrected chi connectivity index (χ3v) is 3.36. The number of anilines is 1. The van der Waals surface area contributed by atoms with Crippen LogP contribution in [-0.2, 0) is 4.79 Å². The molecule has 1 fully saturated rings. The molecule has 0 atom stereocenters. The number of benzene rings is 1. The van der Waals surface area contributed by atoms with Crippen molar-refractivity contribution >= 4 is 17.3 Å². The van der Waals surface area contributed by atoms with Crippen molar-refractivity contribution in [3.05, 3.63) is 34.4 Å². The van der Waals surface area contributed by atoms with E-state index in [1.54, 1.807) is 0 Å². The number of likely N-dealkylation sites (tertiary alicyclic amines) is 1. The molecular weight excluding hydrogens is 260 g/mol. The lowest BCUT2D eigenvalue weighted by Gasteiger charge is -2.29. The SMILES string of the molecule is NC1CCN(CC(=O)Nc2ccc([N+](=O)[O-])cc2)CC1. The summed E-state index contributed by atoms with van der Waals surface area (Å²) in [7, 11) is 0. The Hall–Kier alpha value is -1.99. The molecular formula is C13H18N4O3. The van der Waals surface area contributed by atoms with Crippen molar-refractivity contribution in [3.63, 3.8) is 0 Å². The minimum Gasteiger partial charge on any atom is -0.328 e. The molecule has 0 unspecified atom stereocenters. The fourth-order valence-corrected chi connectivity index (χ4v) is 2.18. The van der Waals surface area contributed by atoms with Gasteiger partial charge in [-0.05, 0) is 25.0 Å². The van der Waals surface area contributed by atoms with Gasteiger partial charge >= 0.3 is 0 Å². The van der Waals surface area contributed by atoms with Crippen molar-refractivity contribution in [2.24, 2.45) is 5.73 Å². The highest BCUT2D eigenvalue weighted by atomic mass is 16.6. The molecule has 108 valence electrons. The van der Waals surface area contributed by atoms with Crippen LogP contribution in [0.2, 0.25) is 0 Å². The first-order chi connectivity index (χ1) is 9.54. The first-order valence-electron chi connectivity index (χ1n) is 6.57. The molecule has 0 bridgehead atoms. The lowest BCUT2D eigenvalue weighted by atomic mass is 10.1. The van der Waals surface area contributed by atoms with Crippen LogP contribution < -0.4 is 11.1 Å². The van der Waals surface area contributed by atoms with Crippen LogP contribution >= 0.6 is 0 Å². The van der Waals surface area contributed by atoms with Crippen molar-refractivity contribution < 1.29 is 9.72 Å². The number of carbonyl (C=O) groups is 1. The molecule has 7 heteroatoms. The maximum atomic E-state index is 11.9. The molecule has 1 aliphatic rings. The zero-order valence-corrected chi connectivity index (χ0v) is 11.1. The molecule has 0 saturated carbocycles. The van der Waals surface area contributed by atoms with E-state index in [9.17, 15) is 14.9 Å². The highest BCUT2D eigenvalue weighted by Crippen LogP contribution is 2.15. The first kappa shape index (κ1) is 14.4. The number of nitrogens with zero attached hydrogens (tertiary/aromatic N) is 2. The van der Waals surface area contributed by atoms with Gasteiger partial charge in [-0.1, -0.05) is 0 Å². The second kappa shape index (κ2) is 6.44. The highest BCUT2D eigenvalue weighted by Gasteiger charge is 2.18. The monoisotopic (exact) mass is 278 g/mol. The Morgan fingerprint density at radius 1 is 1.35 bits per heavy atom. The topological polar surface area (TPSA) is 102 Å². The summed E-state index contributed by atoms with van der Waals surface area (Å²) in [6.45, 7) is 1.98. The first-order valence-corrected chi connectivity index (χ1v) is 6.57. The van der Waals surface area contributed by atoms with Crippen LogP contribution in [0.3, 0.4) is 0 Å². The van der Waals surface area contributed by atoms with Gasteiger partial charge in [0.25, 0.3) is 5.69 Å². The lowest BCUT2D eigenvalue weighted by Crippen LogP contribution is -2.43. The quantitative estimate of drug-likeness (QED) is 0.631. The summed E-state index contributed by atoms with van der Waals surface area (Å²) in [6, 6.07) is 6.04. The van der Waals surface area contributed by atoms with Crippen LogP contribution in [0.15, 0.2) is 24.3 Å². The molecule has 0 radical (unpaired) electrons. The maximum Gasteiger partial charge on any atom is 0.269 e. The maximum absolute atomic E-state index is 11.9. The number of hydrogen-bond donors (Lipinski definition) is 2. The van der Waals surface area contributed by atoms with Crippen molar-refractivity contribution in [2.75, 3.05) is 25.0 Å². The Balaban J connectivity index is 1.83. The highest BCUT2D eigenvalue weighted by molar-refractivity contribution is 5.92. The van der Waals surface area contributed by atoms with Gasteiger partial charge in [-0.3, -0.25) is 19.8 Å². The van der Waals surface area contributed by atoms with E-state index in [0.717, 1.165) is 25.9 Å². The van der Waals surface area contributed by atoms with Crippen LogP contribution in [0.4, 0.5) is 11.4 Å². The number of non-ortho nitro benzene ring substituents is 1. The number of nitrogens with one attached hydrogen (secondary N) is 1. The fourth-order valence-electron chi connectivity index (χ4n) is 2.18. The number of hydrogen-bond acceptors (Lipinski definition) is 5. The summed E-state index contributed by atoms with van der Waals surface area (Å²) in [6.07, 6.45) is 1.82. The number of nitro benzene ring substituents is 1. The predicted octanol–water partition coefficient (Wildman–Crippen LogP) is 0.956. The molecule has 0 aliphatic carbocycles. The van der Waals surface area contributed by atoms with Crippen molar-refractivity contribution in [1.29, 1.82) is 0 Å². The molecule has 1 aromatic rings. The summed E-state index contributed by atoms with van der Waals surface area (Å²) in [4.78, 5) is 24.0. The number of nitro groups is 1. The third-order valence-electron chi connectivity index (χ3n) is 3.36. The lowest BCUT2D eigenvalue weighted by molar-refractivity contribution is -0.384. The summed E-state index contributed by atoms with van der Waals surface area (Å²) >= 11 is 0. The van der Waals surface area contributed by atoms with Gasteiger partial charge in [-0.15, -0.1) is 0 Å². The molecule has 1 aromatic carbocycles. The van der Waals surface area contributed by atoms with E-state index in [2.05, 4.69) is 10.2 Å². The van der Waals surface area contributed by atoms with Gasteiger partial charge in [-0.25, -0.2) is 0 Å². The zero-order valence-electron chi connectivity index (χ0n) is 11.1. The van der Waals surface area contributed by atoms with E-state index >= 15 is 0 Å². The van der Waals surface area contributed by atoms with Gasteiger partial charge in [-0.2, -0.15) is 0 Å². The molecule has 20 heavy (non-hydrogen) atoms.